The summed E-state index contributed by atoms with van der Waals surface area (Å²) in [6.07, 6.45) is 1.22. The third-order valence-corrected chi connectivity index (χ3v) is 4.68. The van der Waals surface area contributed by atoms with Crippen LogP contribution in [0.5, 0.6) is 11.5 Å². The van der Waals surface area contributed by atoms with Crippen LogP contribution in [0.4, 0.5) is 5.69 Å². The number of nitrogens with zero attached hydrogens (tertiary/aromatic N) is 1. The number of nitrogens with one attached hydrogen (secondary N) is 1. The number of carbonyl (C=O) groups is 2. The molecule has 1 saturated heterocycles. The molecule has 0 spiro atoms. The van der Waals surface area contributed by atoms with E-state index >= 15 is 0 Å². The van der Waals surface area contributed by atoms with E-state index in [4.69, 9.17) is 14.6 Å². The number of hydrazine groups is 1. The van der Waals surface area contributed by atoms with Crippen LogP contribution in [0.3, 0.4) is 0 Å². The Morgan fingerprint density at radius 1 is 1.13 bits per heavy atom. The first-order chi connectivity index (χ1) is 15.0. The average molecular weight is 426 g/mol. The Morgan fingerprint density at radius 3 is 2.55 bits per heavy atom. The molecule has 0 bridgehead atoms. The molecule has 0 saturated carbocycles. The van der Waals surface area contributed by atoms with Crippen molar-refractivity contribution in [1.29, 1.82) is 0 Å². The molecule has 0 aliphatic carbocycles. The molecule has 164 valence electrons. The van der Waals surface area contributed by atoms with Crippen LogP contribution in [0.15, 0.2) is 48.0 Å². The molecular formula is C23H26N2O6. The summed E-state index contributed by atoms with van der Waals surface area (Å²) in [5.74, 6) is -0.0429. The minimum Gasteiger partial charge on any atom is -0.493 e. The van der Waals surface area contributed by atoms with Crippen LogP contribution < -0.4 is 19.9 Å². The normalized spacial score (nSPS) is 15.9. The highest BCUT2D eigenvalue weighted by atomic mass is 16.5. The van der Waals surface area contributed by atoms with E-state index in [9.17, 15) is 14.7 Å². The maximum absolute atomic E-state index is 12.9. The SMILES string of the molecule is CCCOc1ccc(/C=C2\C(=O)NN(c3ccccc3)C2=O)c(OC[C@H](O)CO)c1C. The van der Waals surface area contributed by atoms with Crippen LogP contribution in [0.1, 0.15) is 24.5 Å². The lowest BCUT2D eigenvalue weighted by Crippen LogP contribution is -2.35. The Morgan fingerprint density at radius 2 is 1.87 bits per heavy atom. The topological polar surface area (TPSA) is 108 Å². The summed E-state index contributed by atoms with van der Waals surface area (Å²) in [6.45, 7) is 3.70. The van der Waals surface area contributed by atoms with Crippen LogP contribution >= 0.6 is 0 Å². The standard InChI is InChI=1S/C23H26N2O6/c1-3-11-30-20-10-9-16(21(15(20)2)31-14-18(27)13-26)12-19-22(28)24-25(23(19)29)17-7-5-4-6-8-17/h4-10,12,18,26-27H,3,11,13-14H2,1-2H3,(H,24,28)/b19-12+/t18-/m1/s1. The maximum Gasteiger partial charge on any atom is 0.282 e. The van der Waals surface area contributed by atoms with Gasteiger partial charge in [0.25, 0.3) is 11.8 Å². The minimum absolute atomic E-state index is 0.0435. The number of para-hydroxylation sites is 1. The predicted molar refractivity (Wildman–Crippen MR) is 116 cm³/mol. The smallest absolute Gasteiger partial charge is 0.282 e. The number of benzene rings is 2. The second kappa shape index (κ2) is 10.1. The Bertz CT molecular complexity index is 974. The monoisotopic (exact) mass is 426 g/mol. The molecule has 2 aromatic rings. The van der Waals surface area contributed by atoms with Crippen molar-refractivity contribution in [2.75, 3.05) is 24.8 Å². The number of ether oxygens (including phenoxy) is 2. The molecule has 1 atom stereocenters. The molecule has 0 aromatic heterocycles. The summed E-state index contributed by atoms with van der Waals surface area (Å²) in [5, 5.41) is 20.0. The van der Waals surface area contributed by atoms with E-state index < -0.39 is 24.5 Å². The molecule has 1 aliphatic heterocycles. The summed E-state index contributed by atoms with van der Waals surface area (Å²) < 4.78 is 11.5. The van der Waals surface area contributed by atoms with Gasteiger partial charge in [0.15, 0.2) is 0 Å². The van der Waals surface area contributed by atoms with Gasteiger partial charge in [-0.25, -0.2) is 5.01 Å². The summed E-state index contributed by atoms with van der Waals surface area (Å²) in [6, 6.07) is 12.2. The van der Waals surface area contributed by atoms with Gasteiger partial charge >= 0.3 is 0 Å². The first-order valence-electron chi connectivity index (χ1n) is 10.1. The number of amides is 2. The molecule has 2 amide bonds. The van der Waals surface area contributed by atoms with Gasteiger partial charge in [0, 0.05) is 11.1 Å². The third-order valence-electron chi connectivity index (χ3n) is 4.68. The lowest BCUT2D eigenvalue weighted by molar-refractivity contribution is -0.117. The van der Waals surface area contributed by atoms with Crippen molar-refractivity contribution in [3.05, 3.63) is 59.2 Å². The Balaban J connectivity index is 1.96. The van der Waals surface area contributed by atoms with Crippen molar-refractivity contribution in [1.82, 2.24) is 5.43 Å². The fraction of sp³-hybridized carbons (Fsp3) is 0.304. The first-order valence-corrected chi connectivity index (χ1v) is 10.1. The highest BCUT2D eigenvalue weighted by Gasteiger charge is 2.34. The van der Waals surface area contributed by atoms with Crippen LogP contribution in [-0.2, 0) is 9.59 Å². The maximum atomic E-state index is 12.9. The number of aliphatic hydroxyl groups excluding tert-OH is 2. The van der Waals surface area contributed by atoms with E-state index in [0.29, 0.717) is 34.9 Å². The molecular weight excluding hydrogens is 400 g/mol. The lowest BCUT2D eigenvalue weighted by atomic mass is 10.0. The van der Waals surface area contributed by atoms with Gasteiger partial charge < -0.3 is 19.7 Å². The first kappa shape index (κ1) is 22.3. The van der Waals surface area contributed by atoms with Gasteiger partial charge in [-0.2, -0.15) is 0 Å². The van der Waals surface area contributed by atoms with Crippen LogP contribution in [0, 0.1) is 6.92 Å². The van der Waals surface area contributed by atoms with Crippen LogP contribution in [0.2, 0.25) is 0 Å². The van der Waals surface area contributed by atoms with Crippen molar-refractivity contribution < 1.29 is 29.3 Å². The molecule has 31 heavy (non-hydrogen) atoms. The molecule has 1 aliphatic rings. The number of carbonyl (C=O) groups excluding carboxylic acids is 2. The minimum atomic E-state index is -1.06. The van der Waals surface area contributed by atoms with Gasteiger partial charge in [0.2, 0.25) is 0 Å². The van der Waals surface area contributed by atoms with Gasteiger partial charge in [-0.1, -0.05) is 25.1 Å². The molecule has 8 heteroatoms. The quantitative estimate of drug-likeness (QED) is 0.418. The molecule has 8 nitrogen and oxygen atoms in total. The molecule has 3 N–H and O–H groups in total. The van der Waals surface area contributed by atoms with E-state index in [-0.39, 0.29) is 12.2 Å². The van der Waals surface area contributed by atoms with E-state index in [1.54, 1.807) is 43.3 Å². The van der Waals surface area contributed by atoms with Gasteiger partial charge in [0.05, 0.1) is 18.9 Å². The van der Waals surface area contributed by atoms with Gasteiger partial charge in [-0.3, -0.25) is 15.0 Å². The number of rotatable bonds is 9. The number of aliphatic hydroxyl groups is 2. The van der Waals surface area contributed by atoms with Crippen molar-refractivity contribution in [2.45, 2.75) is 26.4 Å². The predicted octanol–water partition coefficient (Wildman–Crippen LogP) is 1.98. The Kier molecular flexibility index (Phi) is 7.28. The lowest BCUT2D eigenvalue weighted by Gasteiger charge is -2.17. The molecule has 1 heterocycles. The second-order valence-corrected chi connectivity index (χ2v) is 7.08. The summed E-state index contributed by atoms with van der Waals surface area (Å²) in [7, 11) is 0. The zero-order valence-electron chi connectivity index (χ0n) is 17.5. The van der Waals surface area contributed by atoms with E-state index in [2.05, 4.69) is 5.43 Å². The third kappa shape index (κ3) is 5.04. The van der Waals surface area contributed by atoms with Gasteiger partial charge in [-0.05, 0) is 43.7 Å². The Labute approximate surface area is 180 Å². The van der Waals surface area contributed by atoms with Gasteiger partial charge in [-0.15, -0.1) is 0 Å². The van der Waals surface area contributed by atoms with Crippen LogP contribution in [-0.4, -0.2) is 48.0 Å². The van der Waals surface area contributed by atoms with E-state index in [0.717, 1.165) is 6.42 Å². The second-order valence-electron chi connectivity index (χ2n) is 7.08. The zero-order valence-corrected chi connectivity index (χ0v) is 17.5. The Hall–Kier alpha value is -3.36. The largest absolute Gasteiger partial charge is 0.493 e. The summed E-state index contributed by atoms with van der Waals surface area (Å²) in [4.78, 5) is 25.4. The van der Waals surface area contributed by atoms with E-state index in [1.807, 2.05) is 13.0 Å². The molecule has 2 aromatic carbocycles. The van der Waals surface area contributed by atoms with Crippen molar-refractivity contribution in [3.63, 3.8) is 0 Å². The summed E-state index contributed by atoms with van der Waals surface area (Å²) >= 11 is 0. The molecule has 0 unspecified atom stereocenters. The number of anilines is 1. The summed E-state index contributed by atoms with van der Waals surface area (Å²) in [5.41, 5.74) is 4.22. The van der Waals surface area contributed by atoms with Crippen molar-refractivity contribution in [3.8, 4) is 11.5 Å². The van der Waals surface area contributed by atoms with Crippen LogP contribution in [0.25, 0.3) is 6.08 Å². The average Bonchev–Trinajstić information content (AvgIpc) is 3.06. The fourth-order valence-electron chi connectivity index (χ4n) is 3.07. The van der Waals surface area contributed by atoms with E-state index in [1.165, 1.54) is 11.1 Å². The number of hydrogen-bond donors (Lipinski definition) is 3. The number of hydrogen-bond acceptors (Lipinski definition) is 6. The highest BCUT2D eigenvalue weighted by molar-refractivity contribution is 6.31. The highest BCUT2D eigenvalue weighted by Crippen LogP contribution is 2.34. The molecule has 1 fully saturated rings. The molecule has 3 rings (SSSR count). The van der Waals surface area contributed by atoms with Gasteiger partial charge in [0.1, 0.15) is 29.8 Å². The fourth-order valence-corrected chi connectivity index (χ4v) is 3.07. The zero-order chi connectivity index (χ0) is 22.4. The van der Waals surface area contributed by atoms with Crippen molar-refractivity contribution >= 4 is 23.6 Å². The van der Waals surface area contributed by atoms with Crippen molar-refractivity contribution in [2.24, 2.45) is 0 Å². The molecule has 0 radical (unpaired) electrons.